The molecule has 2 heteroatoms. The Balaban J connectivity index is 1.13. The summed E-state index contributed by atoms with van der Waals surface area (Å²) in [5.41, 5.74) is 17.1. The third-order valence-corrected chi connectivity index (χ3v) is 12.2. The average molecular weight is 699 g/mol. The Bertz CT molecular complexity index is 3100. The molecule has 1 aromatic heterocycles. The molecule has 0 bridgehead atoms. The zero-order valence-corrected chi connectivity index (χ0v) is 30.0. The van der Waals surface area contributed by atoms with Crippen molar-refractivity contribution >= 4 is 49.6 Å². The van der Waals surface area contributed by atoms with Crippen LogP contribution < -0.4 is 4.90 Å². The van der Waals surface area contributed by atoms with Crippen LogP contribution in [0.4, 0.5) is 17.1 Å². The summed E-state index contributed by atoms with van der Waals surface area (Å²) >= 11 is 0. The fourth-order valence-corrected chi connectivity index (χ4v) is 10.0. The van der Waals surface area contributed by atoms with E-state index in [1.165, 1.54) is 82.8 Å². The first-order valence-electron chi connectivity index (χ1n) is 19.1. The summed E-state index contributed by atoms with van der Waals surface area (Å²) in [5.74, 6) is 0. The molecular formula is C53H34N2. The van der Waals surface area contributed by atoms with Crippen LogP contribution in [0.15, 0.2) is 206 Å². The van der Waals surface area contributed by atoms with Gasteiger partial charge in [0, 0.05) is 33.2 Å². The molecule has 0 saturated carbocycles. The van der Waals surface area contributed by atoms with E-state index in [1.54, 1.807) is 0 Å². The maximum absolute atomic E-state index is 2.48. The molecule has 2 aliphatic rings. The zero-order valence-electron chi connectivity index (χ0n) is 30.0. The summed E-state index contributed by atoms with van der Waals surface area (Å²) in [6.07, 6.45) is 0. The number of fused-ring (bicyclic) bond motifs is 14. The Morgan fingerprint density at radius 3 is 1.58 bits per heavy atom. The van der Waals surface area contributed by atoms with Crippen molar-refractivity contribution < 1.29 is 0 Å². The third-order valence-electron chi connectivity index (χ3n) is 12.2. The number of para-hydroxylation sites is 2. The van der Waals surface area contributed by atoms with Gasteiger partial charge in [-0.2, -0.15) is 0 Å². The molecule has 1 spiro atoms. The molecule has 0 atom stereocenters. The highest BCUT2D eigenvalue weighted by molar-refractivity contribution is 6.11. The summed E-state index contributed by atoms with van der Waals surface area (Å²) in [6.45, 7) is 0. The number of hydrogen-bond donors (Lipinski definition) is 0. The van der Waals surface area contributed by atoms with Gasteiger partial charge in [0.15, 0.2) is 0 Å². The molecule has 0 N–H and O–H groups in total. The molecule has 12 rings (SSSR count). The summed E-state index contributed by atoms with van der Waals surface area (Å²) in [6, 6.07) is 76.3. The second-order valence-corrected chi connectivity index (χ2v) is 14.8. The van der Waals surface area contributed by atoms with Gasteiger partial charge < -0.3 is 9.47 Å². The summed E-state index contributed by atoms with van der Waals surface area (Å²) in [5, 5.41) is 4.96. The first kappa shape index (κ1) is 30.3. The van der Waals surface area contributed by atoms with Gasteiger partial charge in [-0.05, 0) is 98.4 Å². The monoisotopic (exact) mass is 698 g/mol. The Hall–Kier alpha value is -7.16. The minimum atomic E-state index is -0.414. The van der Waals surface area contributed by atoms with Gasteiger partial charge >= 0.3 is 0 Å². The third kappa shape index (κ3) is 4.08. The predicted molar refractivity (Wildman–Crippen MR) is 229 cm³/mol. The van der Waals surface area contributed by atoms with Gasteiger partial charge in [-0.1, -0.05) is 158 Å². The molecule has 0 aliphatic heterocycles. The maximum Gasteiger partial charge on any atom is 0.0726 e. The van der Waals surface area contributed by atoms with E-state index >= 15 is 0 Å². The second-order valence-electron chi connectivity index (χ2n) is 14.8. The molecule has 0 amide bonds. The summed E-state index contributed by atoms with van der Waals surface area (Å²) in [7, 11) is 0. The molecule has 256 valence electrons. The standard InChI is InChI=1S/C53H34N2/c1-2-17-36(18-3-1)54(38-30-32-45-44-23-9-13-27-51(44)55(52(45)34-38)50-28-14-16-35-15-4-5-19-39(35)50)37-29-31-43-42-22-8-12-26-48(42)53(49(43)33-37)46-24-10-6-20-40(46)41-21-7-11-25-47(41)53/h1-34H. The van der Waals surface area contributed by atoms with Gasteiger partial charge in [0.05, 0.1) is 22.1 Å². The first-order chi connectivity index (χ1) is 27.3. The van der Waals surface area contributed by atoms with E-state index in [2.05, 4.69) is 216 Å². The van der Waals surface area contributed by atoms with Gasteiger partial charge in [-0.15, -0.1) is 0 Å². The Kier molecular flexibility index (Phi) is 6.29. The molecule has 2 nitrogen and oxygen atoms in total. The molecule has 1 heterocycles. The number of aromatic nitrogens is 1. The van der Waals surface area contributed by atoms with Crippen molar-refractivity contribution in [1.29, 1.82) is 0 Å². The van der Waals surface area contributed by atoms with Crippen LogP contribution in [0.25, 0.3) is 60.5 Å². The van der Waals surface area contributed by atoms with Gasteiger partial charge in [-0.25, -0.2) is 0 Å². The van der Waals surface area contributed by atoms with Crippen molar-refractivity contribution in [3.05, 3.63) is 229 Å². The van der Waals surface area contributed by atoms with E-state index in [1.807, 2.05) is 0 Å². The molecule has 2 aliphatic carbocycles. The van der Waals surface area contributed by atoms with E-state index in [4.69, 9.17) is 0 Å². The largest absolute Gasteiger partial charge is 0.310 e. The normalized spacial score (nSPS) is 13.2. The van der Waals surface area contributed by atoms with Gasteiger partial charge in [0.1, 0.15) is 0 Å². The van der Waals surface area contributed by atoms with E-state index in [0.717, 1.165) is 17.1 Å². The quantitative estimate of drug-likeness (QED) is 0.178. The fourth-order valence-electron chi connectivity index (χ4n) is 10.0. The van der Waals surface area contributed by atoms with Crippen molar-refractivity contribution in [3.8, 4) is 27.9 Å². The Morgan fingerprint density at radius 2 is 0.855 bits per heavy atom. The lowest BCUT2D eigenvalue weighted by molar-refractivity contribution is 0.793. The first-order valence-corrected chi connectivity index (χ1v) is 19.1. The second kappa shape index (κ2) is 11.4. The van der Waals surface area contributed by atoms with E-state index in [9.17, 15) is 0 Å². The van der Waals surface area contributed by atoms with Gasteiger partial charge in [0.25, 0.3) is 0 Å². The van der Waals surface area contributed by atoms with E-state index in [0.29, 0.717) is 0 Å². The smallest absolute Gasteiger partial charge is 0.0726 e. The van der Waals surface area contributed by atoms with Crippen LogP contribution in [-0.2, 0) is 5.41 Å². The number of hydrogen-bond acceptors (Lipinski definition) is 1. The SMILES string of the molecule is c1ccc(N(c2ccc3c(c2)C2(c4ccccc4-c4ccccc42)c2ccccc2-3)c2ccc3c4ccccc4n(-c4cccc5ccccc45)c3c2)cc1. The number of nitrogens with zero attached hydrogens (tertiary/aromatic N) is 2. The predicted octanol–water partition coefficient (Wildman–Crippen LogP) is 13.8. The molecule has 9 aromatic carbocycles. The number of anilines is 3. The molecule has 0 unspecified atom stereocenters. The van der Waals surface area contributed by atoms with Crippen LogP contribution >= 0.6 is 0 Å². The molecule has 55 heavy (non-hydrogen) atoms. The summed E-state index contributed by atoms with van der Waals surface area (Å²) < 4.78 is 2.46. The van der Waals surface area contributed by atoms with Crippen LogP contribution in [-0.4, -0.2) is 4.57 Å². The number of benzene rings is 9. The van der Waals surface area contributed by atoms with Crippen molar-refractivity contribution in [2.24, 2.45) is 0 Å². The maximum atomic E-state index is 2.48. The Labute approximate surface area is 319 Å². The number of rotatable bonds is 4. The minimum Gasteiger partial charge on any atom is -0.310 e. The minimum absolute atomic E-state index is 0.414. The van der Waals surface area contributed by atoms with E-state index in [-0.39, 0.29) is 0 Å². The van der Waals surface area contributed by atoms with Crippen molar-refractivity contribution in [3.63, 3.8) is 0 Å². The highest BCUT2D eigenvalue weighted by atomic mass is 15.1. The molecule has 0 saturated heterocycles. The average Bonchev–Trinajstić information content (AvgIpc) is 3.85. The fraction of sp³-hybridized carbons (Fsp3) is 0.0189. The van der Waals surface area contributed by atoms with Crippen LogP contribution in [0.2, 0.25) is 0 Å². The van der Waals surface area contributed by atoms with Crippen LogP contribution in [0, 0.1) is 0 Å². The van der Waals surface area contributed by atoms with Crippen LogP contribution in [0.1, 0.15) is 22.3 Å². The molecule has 0 radical (unpaired) electrons. The summed E-state index contributed by atoms with van der Waals surface area (Å²) in [4.78, 5) is 2.44. The Morgan fingerprint density at radius 1 is 0.327 bits per heavy atom. The topological polar surface area (TPSA) is 8.17 Å². The lowest BCUT2D eigenvalue weighted by atomic mass is 9.70. The van der Waals surface area contributed by atoms with Crippen molar-refractivity contribution in [2.45, 2.75) is 5.41 Å². The molecule has 0 fully saturated rings. The van der Waals surface area contributed by atoms with Crippen LogP contribution in [0.3, 0.4) is 0 Å². The zero-order chi connectivity index (χ0) is 36.1. The lowest BCUT2D eigenvalue weighted by Crippen LogP contribution is -2.26. The highest BCUT2D eigenvalue weighted by Crippen LogP contribution is 2.63. The molecule has 10 aromatic rings. The van der Waals surface area contributed by atoms with Crippen LogP contribution in [0.5, 0.6) is 0 Å². The van der Waals surface area contributed by atoms with Gasteiger partial charge in [-0.3, -0.25) is 0 Å². The van der Waals surface area contributed by atoms with Crippen molar-refractivity contribution in [2.75, 3.05) is 4.90 Å². The lowest BCUT2D eigenvalue weighted by Gasteiger charge is -2.32. The van der Waals surface area contributed by atoms with Crippen molar-refractivity contribution in [1.82, 2.24) is 4.57 Å². The molecular weight excluding hydrogens is 665 g/mol. The van der Waals surface area contributed by atoms with E-state index < -0.39 is 5.41 Å². The van der Waals surface area contributed by atoms with Gasteiger partial charge in [0.2, 0.25) is 0 Å². The highest BCUT2D eigenvalue weighted by Gasteiger charge is 2.51.